The molecule has 3 fully saturated rings. The van der Waals surface area contributed by atoms with Crippen molar-refractivity contribution in [1.82, 2.24) is 10.2 Å². The second kappa shape index (κ2) is 2.39. The van der Waals surface area contributed by atoms with E-state index in [-0.39, 0.29) is 0 Å². The number of hydrogen-bond acceptors (Lipinski definition) is 2. The summed E-state index contributed by atoms with van der Waals surface area (Å²) in [5, 5.41) is 7.29. The number of rotatable bonds is 1. The summed E-state index contributed by atoms with van der Waals surface area (Å²) < 4.78 is 0. The van der Waals surface area contributed by atoms with Crippen molar-refractivity contribution in [3.8, 4) is 0 Å². The monoisotopic (exact) mass is 203 g/mol. The highest BCUT2D eigenvalue weighted by Crippen LogP contribution is 2.73. The van der Waals surface area contributed by atoms with Crippen LogP contribution in [0.15, 0.2) is 0 Å². The molecule has 4 atom stereocenters. The number of H-pyrrole nitrogens is 1. The number of nitrogens with one attached hydrogen (secondary N) is 1. The molecular formula is C12H17N3. The smallest absolute Gasteiger partial charge is 0.148 e. The van der Waals surface area contributed by atoms with Gasteiger partial charge in [0.1, 0.15) is 5.82 Å². The Balaban J connectivity index is 1.70. The zero-order valence-corrected chi connectivity index (χ0v) is 9.03. The van der Waals surface area contributed by atoms with E-state index in [9.17, 15) is 0 Å². The molecule has 3 aliphatic rings. The molecule has 4 rings (SSSR count). The first-order valence-electron chi connectivity index (χ1n) is 6.07. The van der Waals surface area contributed by atoms with Crippen molar-refractivity contribution in [2.75, 3.05) is 5.73 Å². The molecule has 0 aliphatic heterocycles. The molecule has 4 unspecified atom stereocenters. The zero-order chi connectivity index (χ0) is 10.2. The number of aromatic amines is 1. The Bertz CT molecular complexity index is 407. The van der Waals surface area contributed by atoms with Gasteiger partial charge in [0.2, 0.25) is 0 Å². The molecule has 15 heavy (non-hydrogen) atoms. The second-order valence-corrected chi connectivity index (χ2v) is 5.66. The lowest BCUT2D eigenvalue weighted by molar-refractivity contribution is 0.456. The highest BCUT2D eigenvalue weighted by Gasteiger charge is 2.65. The van der Waals surface area contributed by atoms with Gasteiger partial charge in [-0.3, -0.25) is 5.10 Å². The first-order chi connectivity index (χ1) is 7.27. The van der Waals surface area contributed by atoms with Crippen molar-refractivity contribution in [3.63, 3.8) is 0 Å². The van der Waals surface area contributed by atoms with E-state index in [0.29, 0.717) is 5.82 Å². The number of aromatic nitrogens is 2. The molecule has 0 amide bonds. The van der Waals surface area contributed by atoms with E-state index in [1.54, 1.807) is 0 Å². The summed E-state index contributed by atoms with van der Waals surface area (Å²) >= 11 is 0. The Hall–Kier alpha value is -0.990. The lowest BCUT2D eigenvalue weighted by Crippen LogP contribution is -1.99. The maximum Gasteiger partial charge on any atom is 0.148 e. The predicted molar refractivity (Wildman–Crippen MR) is 58.3 cm³/mol. The first-order valence-corrected chi connectivity index (χ1v) is 6.07. The van der Waals surface area contributed by atoms with Crippen LogP contribution in [0.1, 0.15) is 36.4 Å². The Labute approximate surface area is 89.4 Å². The fourth-order valence-electron chi connectivity index (χ4n) is 4.46. The van der Waals surface area contributed by atoms with Crippen LogP contribution in [0.3, 0.4) is 0 Å². The molecule has 3 heteroatoms. The van der Waals surface area contributed by atoms with Crippen LogP contribution in [0.2, 0.25) is 0 Å². The van der Waals surface area contributed by atoms with Gasteiger partial charge in [0, 0.05) is 17.2 Å². The van der Waals surface area contributed by atoms with Crippen LogP contribution < -0.4 is 5.73 Å². The van der Waals surface area contributed by atoms with Crippen LogP contribution in [0.4, 0.5) is 5.82 Å². The third-order valence-electron chi connectivity index (χ3n) is 5.15. The molecule has 80 valence electrons. The van der Waals surface area contributed by atoms with E-state index in [2.05, 4.69) is 17.1 Å². The average molecular weight is 203 g/mol. The van der Waals surface area contributed by atoms with Gasteiger partial charge in [-0.25, -0.2) is 0 Å². The van der Waals surface area contributed by atoms with Crippen LogP contribution in [0.25, 0.3) is 0 Å². The number of hydrogen-bond donors (Lipinski definition) is 2. The van der Waals surface area contributed by atoms with Gasteiger partial charge < -0.3 is 5.73 Å². The number of anilines is 1. The molecule has 3 aliphatic carbocycles. The number of nitrogens with two attached hydrogens (primary N) is 1. The lowest BCUT2D eigenvalue weighted by atomic mass is 9.99. The van der Waals surface area contributed by atoms with Crippen molar-refractivity contribution in [3.05, 3.63) is 11.3 Å². The molecule has 3 saturated carbocycles. The van der Waals surface area contributed by atoms with E-state index >= 15 is 0 Å². The normalized spacial score (nSPS) is 45.8. The molecule has 0 aromatic carbocycles. The van der Waals surface area contributed by atoms with Gasteiger partial charge in [0.25, 0.3) is 0 Å². The predicted octanol–water partition coefficient (Wildman–Crippen LogP) is 2.06. The molecule has 3 N–H and O–H groups in total. The molecule has 0 saturated heterocycles. The highest BCUT2D eigenvalue weighted by molar-refractivity contribution is 5.45. The molecule has 0 radical (unpaired) electrons. The van der Waals surface area contributed by atoms with E-state index in [1.807, 2.05) is 0 Å². The Morgan fingerprint density at radius 3 is 2.47 bits per heavy atom. The highest BCUT2D eigenvalue weighted by atomic mass is 15.2. The summed E-state index contributed by atoms with van der Waals surface area (Å²) in [6, 6.07) is 0. The Morgan fingerprint density at radius 2 is 1.93 bits per heavy atom. The molecule has 1 aromatic heterocycles. The van der Waals surface area contributed by atoms with Gasteiger partial charge in [-0.15, -0.1) is 0 Å². The summed E-state index contributed by atoms with van der Waals surface area (Å²) in [7, 11) is 0. The van der Waals surface area contributed by atoms with Gasteiger partial charge in [-0.2, -0.15) is 5.10 Å². The molecule has 0 spiro atoms. The van der Waals surface area contributed by atoms with Crippen LogP contribution in [0, 0.1) is 30.6 Å². The largest absolute Gasteiger partial charge is 0.382 e. The second-order valence-electron chi connectivity index (χ2n) is 5.66. The lowest BCUT2D eigenvalue weighted by Gasteiger charge is -2.07. The quantitative estimate of drug-likeness (QED) is 0.734. The van der Waals surface area contributed by atoms with Crippen LogP contribution >= 0.6 is 0 Å². The van der Waals surface area contributed by atoms with Crippen molar-refractivity contribution in [1.29, 1.82) is 0 Å². The SMILES string of the molecule is Cc1c(N)n[nH]c1C1C2C3CCC(C3)C12. The number of fused-ring (bicyclic) bond motifs is 5. The number of nitrogen functional groups attached to an aromatic ring is 1. The van der Waals surface area contributed by atoms with E-state index in [1.165, 1.54) is 30.5 Å². The van der Waals surface area contributed by atoms with Gasteiger partial charge in [0.05, 0.1) is 0 Å². The first kappa shape index (κ1) is 8.20. The number of nitrogens with zero attached hydrogens (tertiary/aromatic N) is 1. The summed E-state index contributed by atoms with van der Waals surface area (Å²) in [4.78, 5) is 0. The van der Waals surface area contributed by atoms with E-state index in [4.69, 9.17) is 5.73 Å². The van der Waals surface area contributed by atoms with E-state index < -0.39 is 0 Å². The summed E-state index contributed by atoms with van der Waals surface area (Å²) in [5.41, 5.74) is 8.35. The topological polar surface area (TPSA) is 54.7 Å². The fourth-order valence-corrected chi connectivity index (χ4v) is 4.46. The Morgan fingerprint density at radius 1 is 1.27 bits per heavy atom. The van der Waals surface area contributed by atoms with Gasteiger partial charge in [-0.1, -0.05) is 0 Å². The van der Waals surface area contributed by atoms with E-state index in [0.717, 1.165) is 29.6 Å². The molecule has 2 bridgehead atoms. The van der Waals surface area contributed by atoms with Crippen molar-refractivity contribution >= 4 is 5.82 Å². The zero-order valence-electron chi connectivity index (χ0n) is 9.03. The van der Waals surface area contributed by atoms with Crippen LogP contribution in [0.5, 0.6) is 0 Å². The maximum absolute atomic E-state index is 5.80. The third-order valence-corrected chi connectivity index (χ3v) is 5.15. The third kappa shape index (κ3) is 0.853. The Kier molecular flexibility index (Phi) is 1.31. The molecule has 3 nitrogen and oxygen atoms in total. The molecular weight excluding hydrogens is 186 g/mol. The van der Waals surface area contributed by atoms with Gasteiger partial charge in [0.15, 0.2) is 0 Å². The minimum absolute atomic E-state index is 0.697. The fraction of sp³-hybridized carbons (Fsp3) is 0.750. The van der Waals surface area contributed by atoms with Gasteiger partial charge >= 0.3 is 0 Å². The summed E-state index contributed by atoms with van der Waals surface area (Å²) in [6.07, 6.45) is 4.46. The summed E-state index contributed by atoms with van der Waals surface area (Å²) in [5.74, 6) is 5.47. The van der Waals surface area contributed by atoms with Crippen LogP contribution in [-0.4, -0.2) is 10.2 Å². The van der Waals surface area contributed by atoms with Crippen molar-refractivity contribution in [2.24, 2.45) is 23.7 Å². The van der Waals surface area contributed by atoms with Crippen molar-refractivity contribution < 1.29 is 0 Å². The minimum Gasteiger partial charge on any atom is -0.382 e. The van der Waals surface area contributed by atoms with Crippen LogP contribution in [-0.2, 0) is 0 Å². The summed E-state index contributed by atoms with van der Waals surface area (Å²) in [6.45, 7) is 2.10. The molecule has 1 heterocycles. The maximum atomic E-state index is 5.80. The molecule has 1 aromatic rings. The van der Waals surface area contributed by atoms with Crippen molar-refractivity contribution in [2.45, 2.75) is 32.1 Å². The minimum atomic E-state index is 0.697. The average Bonchev–Trinajstić information content (AvgIpc) is 2.60. The standard InChI is InChI=1S/C12H17N3/c1-5-11(14-15-12(5)13)10-8-6-2-3-7(4-6)9(8)10/h6-10H,2-4H2,1H3,(H3,13,14,15). The van der Waals surface area contributed by atoms with Gasteiger partial charge in [-0.05, 0) is 49.9 Å².